The molecule has 0 spiro atoms. The summed E-state index contributed by atoms with van der Waals surface area (Å²) in [6.07, 6.45) is 4.04. The Morgan fingerprint density at radius 2 is 1.81 bits per heavy atom. The number of carbonyl (C=O) groups is 1. The number of nitrogens with zero attached hydrogens (tertiary/aromatic N) is 1. The topological polar surface area (TPSA) is 54.6 Å². The Bertz CT molecular complexity index is 1280. The van der Waals surface area contributed by atoms with Crippen molar-refractivity contribution in [1.82, 2.24) is 9.88 Å². The number of fused-ring (bicyclic) bond motifs is 3. The number of amides is 1. The van der Waals surface area contributed by atoms with Crippen molar-refractivity contribution in [2.45, 2.75) is 25.3 Å². The number of hydrogen-bond acceptors (Lipinski definition) is 3. The minimum absolute atomic E-state index is 0.297. The number of H-pyrrole nitrogens is 1. The number of ether oxygens (including phenoxy) is 2. The predicted octanol–water partition coefficient (Wildman–Crippen LogP) is 4.23. The van der Waals surface area contributed by atoms with Gasteiger partial charge in [0.2, 0.25) is 0 Å². The predicted molar refractivity (Wildman–Crippen MR) is 121 cm³/mol. The Morgan fingerprint density at radius 3 is 2.53 bits per heavy atom. The molecule has 0 fully saturated rings. The Balaban J connectivity index is 1.58. The number of nitrogens with one attached hydrogen (secondary N) is 1. The molecule has 2 aromatic carbocycles. The van der Waals surface area contributed by atoms with Crippen LogP contribution in [0, 0.1) is 5.82 Å². The summed E-state index contributed by atoms with van der Waals surface area (Å²) in [5, 5.41) is 2.94. The van der Waals surface area contributed by atoms with E-state index in [9.17, 15) is 9.18 Å². The average molecular weight is 453 g/mol. The van der Waals surface area contributed by atoms with Crippen molar-refractivity contribution >= 4 is 28.8 Å². The summed E-state index contributed by atoms with van der Waals surface area (Å²) in [7, 11) is 1.62. The molecule has 2 heterocycles. The average Bonchev–Trinajstić information content (AvgIpc) is 3.20. The van der Waals surface area contributed by atoms with Gasteiger partial charge in [0.05, 0.1) is 7.11 Å². The van der Waals surface area contributed by atoms with Crippen molar-refractivity contribution in [3.63, 3.8) is 0 Å². The maximum absolute atomic E-state index is 13.3. The molecule has 32 heavy (non-hydrogen) atoms. The fourth-order valence-electron chi connectivity index (χ4n) is 4.51. The van der Waals surface area contributed by atoms with Crippen LogP contribution in [0.15, 0.2) is 48.5 Å². The van der Waals surface area contributed by atoms with Gasteiger partial charge < -0.3 is 14.5 Å². The van der Waals surface area contributed by atoms with E-state index in [1.54, 1.807) is 12.0 Å². The number of methoxy groups -OCH3 is 1. The number of rotatable bonds is 3. The minimum atomic E-state index is -0.491. The summed E-state index contributed by atoms with van der Waals surface area (Å²) in [5.74, 6) is 0.650. The molecule has 5 nitrogen and oxygen atoms in total. The molecule has 0 radical (unpaired) electrons. The Hall–Kier alpha value is -3.25. The number of hydrogen-bond donors (Lipinski definition) is 1. The van der Waals surface area contributed by atoms with Gasteiger partial charge in [-0.2, -0.15) is 0 Å². The number of aromatic nitrogens is 1. The maximum atomic E-state index is 13.3. The largest absolute Gasteiger partial charge is 0.497 e. The molecule has 5 rings (SSSR count). The zero-order chi connectivity index (χ0) is 22.2. The number of aromatic amines is 1. The van der Waals surface area contributed by atoms with Crippen molar-refractivity contribution in [2.24, 2.45) is 0 Å². The number of carbonyl (C=O) groups excluding carboxylic acids is 1. The van der Waals surface area contributed by atoms with Crippen LogP contribution in [0.25, 0.3) is 11.1 Å². The van der Waals surface area contributed by atoms with Crippen LogP contribution in [0.5, 0.6) is 11.5 Å². The first-order valence-electron chi connectivity index (χ1n) is 10.5. The van der Waals surface area contributed by atoms with E-state index in [2.05, 4.69) is 11.1 Å². The van der Waals surface area contributed by atoms with Gasteiger partial charge in [0.15, 0.2) is 0 Å². The normalized spacial score (nSPS) is 17.3. The van der Waals surface area contributed by atoms with Gasteiger partial charge in [-0.05, 0) is 66.8 Å². The molecule has 1 N–H and O–H groups in total. The molecule has 1 aliphatic carbocycles. The second-order valence-electron chi connectivity index (χ2n) is 7.89. The SMILES string of the molecule is COc1ccc(C2c3[nH]c4c(c3CCN2C(=O)Oc2ccc(F)cc2)=C(Cl)CCC=4)cc1. The summed E-state index contributed by atoms with van der Waals surface area (Å²) in [6, 6.07) is 12.7. The lowest BCUT2D eigenvalue weighted by Crippen LogP contribution is -2.43. The quantitative estimate of drug-likeness (QED) is 0.647. The van der Waals surface area contributed by atoms with E-state index in [1.807, 2.05) is 24.3 Å². The molecular formula is C25H22ClFN2O3. The third-order valence-electron chi connectivity index (χ3n) is 6.02. The molecule has 2 aliphatic rings. The number of benzene rings is 2. The van der Waals surface area contributed by atoms with Gasteiger partial charge in [-0.3, -0.25) is 4.90 Å². The van der Waals surface area contributed by atoms with E-state index in [-0.39, 0.29) is 11.9 Å². The molecule has 1 aliphatic heterocycles. The van der Waals surface area contributed by atoms with Gasteiger partial charge in [0, 0.05) is 27.8 Å². The Labute approximate surface area is 189 Å². The monoisotopic (exact) mass is 452 g/mol. The van der Waals surface area contributed by atoms with Crippen molar-refractivity contribution in [3.05, 3.63) is 81.7 Å². The molecule has 0 saturated heterocycles. The molecule has 1 aromatic heterocycles. The summed E-state index contributed by atoms with van der Waals surface area (Å²) in [6.45, 7) is 0.470. The molecule has 3 aromatic rings. The molecular weight excluding hydrogens is 431 g/mol. The van der Waals surface area contributed by atoms with Crippen LogP contribution in [-0.2, 0) is 6.42 Å². The van der Waals surface area contributed by atoms with Crippen LogP contribution >= 0.6 is 11.6 Å². The van der Waals surface area contributed by atoms with Crippen LogP contribution in [0.2, 0.25) is 0 Å². The van der Waals surface area contributed by atoms with Crippen molar-refractivity contribution < 1.29 is 18.7 Å². The summed E-state index contributed by atoms with van der Waals surface area (Å²) in [4.78, 5) is 18.4. The minimum Gasteiger partial charge on any atom is -0.497 e. The third kappa shape index (κ3) is 3.65. The van der Waals surface area contributed by atoms with Gasteiger partial charge in [-0.15, -0.1) is 0 Å². The summed E-state index contributed by atoms with van der Waals surface area (Å²) in [5.41, 5.74) is 3.02. The number of halogens is 2. The van der Waals surface area contributed by atoms with Crippen molar-refractivity contribution in [1.29, 1.82) is 0 Å². The highest BCUT2D eigenvalue weighted by molar-refractivity contribution is 6.45. The van der Waals surface area contributed by atoms with Crippen LogP contribution in [0.1, 0.15) is 35.7 Å². The van der Waals surface area contributed by atoms with E-state index in [4.69, 9.17) is 21.1 Å². The van der Waals surface area contributed by atoms with Crippen LogP contribution in [-0.4, -0.2) is 29.6 Å². The van der Waals surface area contributed by atoms with Crippen LogP contribution in [0.3, 0.4) is 0 Å². The first-order chi connectivity index (χ1) is 15.5. The first kappa shape index (κ1) is 20.6. The van der Waals surface area contributed by atoms with E-state index in [0.717, 1.165) is 51.0 Å². The van der Waals surface area contributed by atoms with Gasteiger partial charge in [-0.25, -0.2) is 9.18 Å². The lowest BCUT2D eigenvalue weighted by Gasteiger charge is -2.35. The zero-order valence-electron chi connectivity index (χ0n) is 17.5. The molecule has 1 amide bonds. The fraction of sp³-hybridized carbons (Fsp3) is 0.240. The molecule has 0 bridgehead atoms. The van der Waals surface area contributed by atoms with Gasteiger partial charge in [0.1, 0.15) is 23.4 Å². The summed E-state index contributed by atoms with van der Waals surface area (Å²) >= 11 is 6.60. The highest BCUT2D eigenvalue weighted by Gasteiger charge is 2.36. The summed E-state index contributed by atoms with van der Waals surface area (Å²) < 4.78 is 24.1. The van der Waals surface area contributed by atoms with Gasteiger partial charge in [-0.1, -0.05) is 29.8 Å². The third-order valence-corrected chi connectivity index (χ3v) is 6.40. The molecule has 1 atom stereocenters. The maximum Gasteiger partial charge on any atom is 0.416 e. The molecule has 164 valence electrons. The van der Waals surface area contributed by atoms with Crippen LogP contribution in [0.4, 0.5) is 9.18 Å². The Morgan fingerprint density at radius 1 is 1.09 bits per heavy atom. The smallest absolute Gasteiger partial charge is 0.416 e. The molecule has 1 unspecified atom stereocenters. The second-order valence-corrected chi connectivity index (χ2v) is 8.35. The van der Waals surface area contributed by atoms with E-state index < -0.39 is 6.09 Å². The van der Waals surface area contributed by atoms with E-state index >= 15 is 0 Å². The van der Waals surface area contributed by atoms with E-state index in [0.29, 0.717) is 18.7 Å². The van der Waals surface area contributed by atoms with Gasteiger partial charge in [0.25, 0.3) is 0 Å². The Kier molecular flexibility index (Phi) is 5.39. The zero-order valence-corrected chi connectivity index (χ0v) is 18.3. The standard InChI is InChI=1S/C25H22ClFN2O3/c1-31-17-9-5-15(6-10-17)24-23-19(22-20(26)3-2-4-21(22)28-23)13-14-29(24)25(30)32-18-11-7-16(27)8-12-18/h4-12,24,28H,2-3,13-14H2,1H3. The van der Waals surface area contributed by atoms with Crippen molar-refractivity contribution in [2.75, 3.05) is 13.7 Å². The lowest BCUT2D eigenvalue weighted by molar-refractivity contribution is 0.135. The van der Waals surface area contributed by atoms with Crippen LogP contribution < -0.4 is 20.0 Å². The molecule has 0 saturated carbocycles. The fourth-order valence-corrected chi connectivity index (χ4v) is 4.84. The molecule has 7 heteroatoms. The first-order valence-corrected chi connectivity index (χ1v) is 10.9. The van der Waals surface area contributed by atoms with Crippen molar-refractivity contribution in [3.8, 4) is 11.5 Å². The van der Waals surface area contributed by atoms with E-state index in [1.165, 1.54) is 24.3 Å². The highest BCUT2D eigenvalue weighted by Crippen LogP contribution is 2.34. The highest BCUT2D eigenvalue weighted by atomic mass is 35.5. The van der Waals surface area contributed by atoms with Gasteiger partial charge >= 0.3 is 6.09 Å². The lowest BCUT2D eigenvalue weighted by atomic mass is 9.92. The second kappa shape index (κ2) is 8.36.